The van der Waals surface area contributed by atoms with Gasteiger partial charge in [0.25, 0.3) is 5.56 Å². The molecule has 0 spiro atoms. The average molecular weight is 313 g/mol. The molecule has 3 aromatic heterocycles. The van der Waals surface area contributed by atoms with E-state index in [9.17, 15) is 9.59 Å². The minimum Gasteiger partial charge on any atom is -0.319 e. The summed E-state index contributed by atoms with van der Waals surface area (Å²) in [6.07, 6.45) is 5.52. The fraction of sp³-hybridized carbons (Fsp3) is 0.312. The highest BCUT2D eigenvalue weighted by atomic mass is 32.1. The molecule has 0 fully saturated rings. The van der Waals surface area contributed by atoms with Crippen molar-refractivity contribution in [2.45, 2.75) is 32.1 Å². The van der Waals surface area contributed by atoms with Crippen LogP contribution in [0.25, 0.3) is 21.7 Å². The van der Waals surface area contributed by atoms with Crippen LogP contribution in [0, 0.1) is 0 Å². The Labute approximate surface area is 130 Å². The van der Waals surface area contributed by atoms with Gasteiger partial charge in [0.2, 0.25) is 5.56 Å². The number of pyridine rings is 1. The summed E-state index contributed by atoms with van der Waals surface area (Å²) in [5, 5.41) is 0.740. The molecular weight excluding hydrogens is 298 g/mol. The lowest BCUT2D eigenvalue weighted by molar-refractivity contribution is 0.713. The second-order valence-electron chi connectivity index (χ2n) is 5.59. The van der Waals surface area contributed by atoms with Crippen molar-refractivity contribution in [1.29, 1.82) is 0 Å². The zero-order valence-corrected chi connectivity index (χ0v) is 12.8. The van der Waals surface area contributed by atoms with Gasteiger partial charge < -0.3 is 9.97 Å². The van der Waals surface area contributed by atoms with Crippen molar-refractivity contribution >= 4 is 21.6 Å². The quantitative estimate of drug-likeness (QED) is 0.678. The highest BCUT2D eigenvalue weighted by molar-refractivity contribution is 7.18. The van der Waals surface area contributed by atoms with Crippen LogP contribution in [0.15, 0.2) is 27.8 Å². The van der Waals surface area contributed by atoms with E-state index in [1.54, 1.807) is 23.5 Å². The normalized spacial score (nSPS) is 14.7. The Morgan fingerprint density at radius 3 is 2.77 bits per heavy atom. The molecule has 0 aliphatic heterocycles. The smallest absolute Gasteiger partial charge is 0.260 e. The first-order chi connectivity index (χ1) is 10.7. The molecule has 1 aliphatic carbocycles. The number of aromatic nitrogens is 3. The van der Waals surface area contributed by atoms with Crippen LogP contribution < -0.4 is 11.1 Å². The van der Waals surface area contributed by atoms with Crippen LogP contribution in [0.2, 0.25) is 0 Å². The number of fused-ring (bicyclic) bond motifs is 3. The van der Waals surface area contributed by atoms with Gasteiger partial charge in [0, 0.05) is 10.9 Å². The summed E-state index contributed by atoms with van der Waals surface area (Å²) in [6.45, 7) is 0. The molecule has 4 rings (SSSR count). The highest BCUT2D eigenvalue weighted by Gasteiger charge is 2.19. The molecule has 0 saturated heterocycles. The van der Waals surface area contributed by atoms with E-state index in [0.29, 0.717) is 11.5 Å². The van der Waals surface area contributed by atoms with Crippen molar-refractivity contribution in [3.63, 3.8) is 0 Å². The first-order valence-electron chi connectivity index (χ1n) is 7.46. The van der Waals surface area contributed by atoms with Gasteiger partial charge >= 0.3 is 0 Å². The molecule has 0 bridgehead atoms. The summed E-state index contributed by atoms with van der Waals surface area (Å²) in [7, 11) is 0. The third kappa shape index (κ3) is 2.20. The fourth-order valence-electron chi connectivity index (χ4n) is 3.05. The van der Waals surface area contributed by atoms with Crippen molar-refractivity contribution in [3.8, 4) is 11.5 Å². The zero-order chi connectivity index (χ0) is 15.1. The van der Waals surface area contributed by atoms with Gasteiger partial charge in [-0.2, -0.15) is 0 Å². The molecule has 5 nitrogen and oxygen atoms in total. The lowest BCUT2D eigenvalue weighted by atomic mass is 10.1. The largest absolute Gasteiger partial charge is 0.319 e. The summed E-state index contributed by atoms with van der Waals surface area (Å²) in [4.78, 5) is 36.1. The van der Waals surface area contributed by atoms with E-state index < -0.39 is 0 Å². The van der Waals surface area contributed by atoms with E-state index in [2.05, 4.69) is 15.0 Å². The maximum atomic E-state index is 12.5. The SMILES string of the molecule is O=c1cccc(-c2nc3sc4c(c3c(=O)[nH]2)CCCCC4)[nH]1. The lowest BCUT2D eigenvalue weighted by Crippen LogP contribution is -2.12. The van der Waals surface area contributed by atoms with Crippen LogP contribution in [0.3, 0.4) is 0 Å². The van der Waals surface area contributed by atoms with Crippen LogP contribution in [0.5, 0.6) is 0 Å². The van der Waals surface area contributed by atoms with Gasteiger partial charge in [0.05, 0.1) is 11.1 Å². The van der Waals surface area contributed by atoms with Gasteiger partial charge in [-0.3, -0.25) is 9.59 Å². The number of aromatic amines is 2. The summed E-state index contributed by atoms with van der Waals surface area (Å²) < 4.78 is 0. The van der Waals surface area contributed by atoms with Crippen LogP contribution in [0.1, 0.15) is 29.7 Å². The number of hydrogen-bond donors (Lipinski definition) is 2. The number of H-pyrrole nitrogens is 2. The molecule has 0 unspecified atom stereocenters. The van der Waals surface area contributed by atoms with Crippen molar-refractivity contribution in [3.05, 3.63) is 49.3 Å². The summed E-state index contributed by atoms with van der Waals surface area (Å²) >= 11 is 1.62. The molecule has 112 valence electrons. The van der Waals surface area contributed by atoms with Gasteiger partial charge in [0.1, 0.15) is 4.83 Å². The molecule has 3 heterocycles. The van der Waals surface area contributed by atoms with E-state index in [1.807, 2.05) is 0 Å². The minimum absolute atomic E-state index is 0.107. The van der Waals surface area contributed by atoms with E-state index in [1.165, 1.54) is 29.3 Å². The summed E-state index contributed by atoms with van der Waals surface area (Å²) in [5.74, 6) is 0.423. The van der Waals surface area contributed by atoms with Crippen molar-refractivity contribution in [2.24, 2.45) is 0 Å². The Kier molecular flexibility index (Phi) is 3.18. The van der Waals surface area contributed by atoms with Crippen LogP contribution in [-0.2, 0) is 12.8 Å². The van der Waals surface area contributed by atoms with Gasteiger partial charge in [-0.1, -0.05) is 12.5 Å². The maximum Gasteiger partial charge on any atom is 0.260 e. The molecule has 3 aromatic rings. The third-order valence-electron chi connectivity index (χ3n) is 4.10. The first-order valence-corrected chi connectivity index (χ1v) is 8.28. The Hall–Kier alpha value is -2.21. The van der Waals surface area contributed by atoms with Crippen LogP contribution in [-0.4, -0.2) is 15.0 Å². The first kappa shape index (κ1) is 13.5. The van der Waals surface area contributed by atoms with Gasteiger partial charge in [-0.05, 0) is 37.3 Å². The molecule has 0 amide bonds. The molecule has 0 atom stereocenters. The molecule has 0 saturated carbocycles. The van der Waals surface area contributed by atoms with E-state index in [4.69, 9.17) is 0 Å². The number of nitrogens with zero attached hydrogens (tertiary/aromatic N) is 1. The highest BCUT2D eigenvalue weighted by Crippen LogP contribution is 2.33. The number of nitrogens with one attached hydrogen (secondary N) is 2. The van der Waals surface area contributed by atoms with Gasteiger partial charge in [-0.25, -0.2) is 4.98 Å². The van der Waals surface area contributed by atoms with Crippen molar-refractivity contribution < 1.29 is 0 Å². The predicted molar refractivity (Wildman–Crippen MR) is 87.6 cm³/mol. The number of aryl methyl sites for hydroxylation is 2. The van der Waals surface area contributed by atoms with E-state index in [0.717, 1.165) is 29.5 Å². The van der Waals surface area contributed by atoms with Gasteiger partial charge in [-0.15, -0.1) is 11.3 Å². The second-order valence-corrected chi connectivity index (χ2v) is 6.67. The molecular formula is C16H15N3O2S. The number of thiophene rings is 1. The molecule has 6 heteroatoms. The Bertz CT molecular complexity index is 967. The van der Waals surface area contributed by atoms with Crippen LogP contribution in [0.4, 0.5) is 0 Å². The number of rotatable bonds is 1. The molecule has 0 radical (unpaired) electrons. The minimum atomic E-state index is -0.206. The molecule has 2 N–H and O–H groups in total. The van der Waals surface area contributed by atoms with Crippen molar-refractivity contribution in [1.82, 2.24) is 15.0 Å². The summed E-state index contributed by atoms with van der Waals surface area (Å²) in [5.41, 5.74) is 1.40. The fourth-order valence-corrected chi connectivity index (χ4v) is 4.32. The molecule has 22 heavy (non-hydrogen) atoms. The Morgan fingerprint density at radius 2 is 1.91 bits per heavy atom. The number of hydrogen-bond acceptors (Lipinski definition) is 4. The van der Waals surface area contributed by atoms with Gasteiger partial charge in [0.15, 0.2) is 5.82 Å². The lowest BCUT2D eigenvalue weighted by Gasteiger charge is -2.01. The molecule has 0 aromatic carbocycles. The Balaban J connectivity index is 1.94. The van der Waals surface area contributed by atoms with E-state index >= 15 is 0 Å². The maximum absolute atomic E-state index is 12.5. The average Bonchev–Trinajstić information content (AvgIpc) is 2.70. The Morgan fingerprint density at radius 1 is 1.05 bits per heavy atom. The van der Waals surface area contributed by atoms with E-state index in [-0.39, 0.29) is 11.1 Å². The standard InChI is InChI=1S/C16H15N3O2S/c20-12-8-4-6-10(17-12)14-18-15(21)13-9-5-2-1-3-7-11(9)22-16(13)19-14/h4,6,8H,1-3,5,7H2,(H,17,20)(H,18,19,21). The third-order valence-corrected chi connectivity index (χ3v) is 5.28. The predicted octanol–water partition coefficient (Wildman–Crippen LogP) is 2.61. The topological polar surface area (TPSA) is 78.6 Å². The summed E-state index contributed by atoms with van der Waals surface area (Å²) in [6, 6.07) is 4.83. The molecule has 1 aliphatic rings. The van der Waals surface area contributed by atoms with Crippen molar-refractivity contribution in [2.75, 3.05) is 0 Å². The zero-order valence-electron chi connectivity index (χ0n) is 11.9. The monoisotopic (exact) mass is 313 g/mol. The van der Waals surface area contributed by atoms with Crippen LogP contribution >= 0.6 is 11.3 Å². The second kappa shape index (κ2) is 5.21.